The van der Waals surface area contributed by atoms with Crippen LogP contribution in [0.4, 0.5) is 13.2 Å². The van der Waals surface area contributed by atoms with E-state index in [2.05, 4.69) is 4.90 Å². The van der Waals surface area contributed by atoms with Crippen LogP contribution >= 0.6 is 0 Å². The molecule has 1 atom stereocenters. The number of alkyl halides is 3. The second-order valence-corrected chi connectivity index (χ2v) is 8.18. The monoisotopic (exact) mass is 407 g/mol. The zero-order valence-corrected chi connectivity index (χ0v) is 16.9. The fourth-order valence-corrected chi connectivity index (χ4v) is 3.55. The van der Waals surface area contributed by atoms with Gasteiger partial charge in [0, 0.05) is 6.54 Å². The van der Waals surface area contributed by atoms with Gasteiger partial charge in [-0.15, -0.1) is 0 Å². The van der Waals surface area contributed by atoms with Gasteiger partial charge in [0.2, 0.25) is 0 Å². The highest BCUT2D eigenvalue weighted by Crippen LogP contribution is 2.32. The van der Waals surface area contributed by atoms with Crippen LogP contribution in [0, 0.1) is 0 Å². The van der Waals surface area contributed by atoms with Crippen molar-refractivity contribution in [1.29, 1.82) is 0 Å². The molecule has 1 N–H and O–H groups in total. The van der Waals surface area contributed by atoms with Crippen LogP contribution in [0.25, 0.3) is 11.1 Å². The number of aliphatic hydroxyl groups is 1. The SMILES string of the molecule is CC(C)(Oc1ccc(-c2ccc(C(F)(F)F)cc2)cc1)C(O)CN1CCCCC1. The molecule has 0 aliphatic carbocycles. The minimum Gasteiger partial charge on any atom is -0.485 e. The third-order valence-electron chi connectivity index (χ3n) is 5.46. The van der Waals surface area contributed by atoms with Crippen molar-refractivity contribution < 1.29 is 23.0 Å². The lowest BCUT2D eigenvalue weighted by atomic mass is 9.99. The van der Waals surface area contributed by atoms with Crippen LogP contribution in [0.2, 0.25) is 0 Å². The van der Waals surface area contributed by atoms with Crippen LogP contribution in [0.5, 0.6) is 5.75 Å². The number of likely N-dealkylation sites (tertiary alicyclic amines) is 1. The normalized spacial score (nSPS) is 17.2. The molecular formula is C23H28F3NO2. The van der Waals surface area contributed by atoms with Crippen molar-refractivity contribution in [3.8, 4) is 16.9 Å². The predicted octanol–water partition coefficient (Wildman–Crippen LogP) is 5.38. The Bertz CT molecular complexity index is 779. The smallest absolute Gasteiger partial charge is 0.416 e. The van der Waals surface area contributed by atoms with E-state index in [0.717, 1.165) is 30.8 Å². The average Bonchev–Trinajstić information content (AvgIpc) is 2.68. The lowest BCUT2D eigenvalue weighted by molar-refractivity contribution is -0.137. The van der Waals surface area contributed by atoms with Crippen LogP contribution in [0.3, 0.4) is 0 Å². The molecule has 29 heavy (non-hydrogen) atoms. The van der Waals surface area contributed by atoms with Gasteiger partial charge >= 0.3 is 6.18 Å². The van der Waals surface area contributed by atoms with Gasteiger partial charge in [0.25, 0.3) is 0 Å². The van der Waals surface area contributed by atoms with Gasteiger partial charge < -0.3 is 14.7 Å². The summed E-state index contributed by atoms with van der Waals surface area (Å²) in [5.74, 6) is 0.614. The lowest BCUT2D eigenvalue weighted by Crippen LogP contribution is -2.49. The number of halogens is 3. The van der Waals surface area contributed by atoms with Crippen LogP contribution in [-0.4, -0.2) is 41.3 Å². The van der Waals surface area contributed by atoms with E-state index in [1.54, 1.807) is 12.1 Å². The lowest BCUT2D eigenvalue weighted by Gasteiger charge is -2.36. The van der Waals surface area contributed by atoms with Crippen molar-refractivity contribution in [2.24, 2.45) is 0 Å². The first kappa shape index (κ1) is 21.7. The van der Waals surface area contributed by atoms with Gasteiger partial charge in [-0.25, -0.2) is 0 Å². The number of β-amino-alcohol motifs (C(OH)–C–C–N with tert-alkyl or cyclic N) is 1. The van der Waals surface area contributed by atoms with Crippen molar-refractivity contribution in [1.82, 2.24) is 4.90 Å². The quantitative estimate of drug-likeness (QED) is 0.698. The zero-order chi connectivity index (χ0) is 21.1. The Kier molecular flexibility index (Phi) is 6.54. The van der Waals surface area contributed by atoms with Crippen molar-refractivity contribution in [2.45, 2.75) is 51.0 Å². The molecule has 0 spiro atoms. The standard InChI is InChI=1S/C23H28F3NO2/c1-22(2,21(28)16-27-14-4-3-5-15-27)29-20-12-8-18(9-13-20)17-6-10-19(11-7-17)23(24,25)26/h6-13,21,28H,3-5,14-16H2,1-2H3. The van der Waals surface area contributed by atoms with Crippen molar-refractivity contribution >= 4 is 0 Å². The molecule has 1 aliphatic heterocycles. The molecule has 0 aromatic heterocycles. The molecule has 0 bridgehead atoms. The molecule has 6 heteroatoms. The topological polar surface area (TPSA) is 32.7 Å². The average molecular weight is 407 g/mol. The fourth-order valence-electron chi connectivity index (χ4n) is 3.55. The summed E-state index contributed by atoms with van der Waals surface area (Å²) in [7, 11) is 0. The van der Waals surface area contributed by atoms with E-state index < -0.39 is 23.4 Å². The van der Waals surface area contributed by atoms with Crippen molar-refractivity contribution in [3.05, 3.63) is 54.1 Å². The van der Waals surface area contributed by atoms with Crippen molar-refractivity contribution in [2.75, 3.05) is 19.6 Å². The third-order valence-corrected chi connectivity index (χ3v) is 5.46. The van der Waals surface area contributed by atoms with E-state index in [1.165, 1.54) is 31.4 Å². The number of ether oxygens (including phenoxy) is 1. The minimum absolute atomic E-state index is 0.580. The molecule has 2 aromatic rings. The first-order valence-electron chi connectivity index (χ1n) is 10.0. The van der Waals surface area contributed by atoms with Crippen molar-refractivity contribution in [3.63, 3.8) is 0 Å². The van der Waals surface area contributed by atoms with Gasteiger partial charge in [0.1, 0.15) is 17.5 Å². The summed E-state index contributed by atoms with van der Waals surface area (Å²) < 4.78 is 44.2. The molecule has 1 fully saturated rings. The molecule has 1 saturated heterocycles. The van der Waals surface area contributed by atoms with Crippen LogP contribution in [0.1, 0.15) is 38.7 Å². The zero-order valence-electron chi connectivity index (χ0n) is 16.9. The molecule has 158 valence electrons. The van der Waals surface area contributed by atoms with E-state index >= 15 is 0 Å². The van der Waals surface area contributed by atoms with Gasteiger partial charge in [-0.1, -0.05) is 30.7 Å². The maximum Gasteiger partial charge on any atom is 0.416 e. The highest BCUT2D eigenvalue weighted by Gasteiger charge is 2.32. The molecule has 1 heterocycles. The molecule has 1 aliphatic rings. The Morgan fingerprint density at radius 3 is 1.93 bits per heavy atom. The largest absolute Gasteiger partial charge is 0.485 e. The summed E-state index contributed by atoms with van der Waals surface area (Å²) in [6.07, 6.45) is -1.39. The third kappa shape index (κ3) is 5.73. The molecule has 0 saturated carbocycles. The number of rotatable bonds is 6. The molecule has 0 radical (unpaired) electrons. The van der Waals surface area contributed by atoms with Gasteiger partial charge in [0.05, 0.1) is 5.56 Å². The van der Waals surface area contributed by atoms with Gasteiger partial charge in [-0.2, -0.15) is 13.2 Å². The van der Waals surface area contributed by atoms with Crippen LogP contribution in [-0.2, 0) is 6.18 Å². The Morgan fingerprint density at radius 1 is 0.897 bits per heavy atom. The molecule has 3 rings (SSSR count). The number of piperidine rings is 1. The van der Waals surface area contributed by atoms with Gasteiger partial charge in [-0.3, -0.25) is 0 Å². The molecular weight excluding hydrogens is 379 g/mol. The van der Waals surface area contributed by atoms with Gasteiger partial charge in [0.15, 0.2) is 0 Å². The summed E-state index contributed by atoms with van der Waals surface area (Å²) >= 11 is 0. The Morgan fingerprint density at radius 2 is 1.41 bits per heavy atom. The number of hydrogen-bond donors (Lipinski definition) is 1. The number of aliphatic hydroxyl groups excluding tert-OH is 1. The summed E-state index contributed by atoms with van der Waals surface area (Å²) in [6, 6.07) is 12.3. The maximum atomic E-state index is 12.7. The summed E-state index contributed by atoms with van der Waals surface area (Å²) in [4.78, 5) is 2.27. The van der Waals surface area contributed by atoms with Crippen LogP contribution in [0.15, 0.2) is 48.5 Å². The van der Waals surface area contributed by atoms with E-state index in [4.69, 9.17) is 4.74 Å². The highest BCUT2D eigenvalue weighted by atomic mass is 19.4. The predicted molar refractivity (Wildman–Crippen MR) is 108 cm³/mol. The molecule has 0 amide bonds. The molecule has 1 unspecified atom stereocenters. The Balaban J connectivity index is 1.63. The second-order valence-electron chi connectivity index (χ2n) is 8.18. The van der Waals surface area contributed by atoms with E-state index in [-0.39, 0.29) is 0 Å². The summed E-state index contributed by atoms with van der Waals surface area (Å²) in [5.41, 5.74) is 0.0881. The Hall–Kier alpha value is -2.05. The number of benzene rings is 2. The minimum atomic E-state index is -4.34. The first-order chi connectivity index (χ1) is 13.6. The number of hydrogen-bond acceptors (Lipinski definition) is 3. The summed E-state index contributed by atoms with van der Waals surface area (Å²) in [5, 5.41) is 10.7. The number of nitrogens with zero attached hydrogens (tertiary/aromatic N) is 1. The molecule has 3 nitrogen and oxygen atoms in total. The Labute approximate surface area is 170 Å². The maximum absolute atomic E-state index is 12.7. The summed E-state index contributed by atoms with van der Waals surface area (Å²) in [6.45, 7) is 6.33. The highest BCUT2D eigenvalue weighted by molar-refractivity contribution is 5.64. The van der Waals surface area contributed by atoms with Crippen LogP contribution < -0.4 is 4.74 Å². The van der Waals surface area contributed by atoms with E-state index in [0.29, 0.717) is 17.9 Å². The van der Waals surface area contributed by atoms with E-state index in [9.17, 15) is 18.3 Å². The second kappa shape index (κ2) is 8.76. The molecule has 2 aromatic carbocycles. The van der Waals surface area contributed by atoms with E-state index in [1.807, 2.05) is 26.0 Å². The van der Waals surface area contributed by atoms with Gasteiger partial charge in [-0.05, 0) is 75.2 Å². The first-order valence-corrected chi connectivity index (χ1v) is 10.0. The fraction of sp³-hybridized carbons (Fsp3) is 0.478.